The fraction of sp³-hybridized carbons (Fsp3) is 0.650. The Morgan fingerprint density at radius 1 is 1.34 bits per heavy atom. The van der Waals surface area contributed by atoms with Crippen molar-refractivity contribution in [3.05, 3.63) is 45.8 Å². The quantitative estimate of drug-likeness (QED) is 0.463. The Morgan fingerprint density at radius 2 is 2.14 bits per heavy atom. The number of nitrogens with one attached hydrogen (secondary N) is 1. The number of rotatable bonds is 10. The topological polar surface area (TPSA) is 125 Å². The predicted octanol–water partition coefficient (Wildman–Crippen LogP) is 2.83. The maximum Gasteiger partial charge on any atom is 0.274 e. The normalized spacial score (nSPS) is 20.5. The summed E-state index contributed by atoms with van der Waals surface area (Å²) in [6.45, 7) is 4.28. The summed E-state index contributed by atoms with van der Waals surface area (Å²) in [5.41, 5.74) is 6.56. The molecule has 1 fully saturated rings. The number of nitro groups is 1. The average Bonchev–Trinajstić information content (AvgIpc) is 3.21. The van der Waals surface area contributed by atoms with Gasteiger partial charge < -0.3 is 11.1 Å². The maximum absolute atomic E-state index is 11.6. The van der Waals surface area contributed by atoms with Crippen molar-refractivity contribution in [3.63, 3.8) is 0 Å². The number of hydrogen-bond acceptors (Lipinski definition) is 7. The van der Waals surface area contributed by atoms with Crippen LogP contribution < -0.4 is 11.1 Å². The fourth-order valence-corrected chi connectivity index (χ4v) is 4.21. The number of tetrazole rings is 1. The highest BCUT2D eigenvalue weighted by Crippen LogP contribution is 2.31. The fourth-order valence-electron chi connectivity index (χ4n) is 4.21. The van der Waals surface area contributed by atoms with Gasteiger partial charge in [0.2, 0.25) is 0 Å². The van der Waals surface area contributed by atoms with E-state index in [1.54, 1.807) is 16.8 Å². The molecule has 1 aliphatic carbocycles. The van der Waals surface area contributed by atoms with Gasteiger partial charge in [0.15, 0.2) is 5.82 Å². The average molecular weight is 402 g/mol. The summed E-state index contributed by atoms with van der Waals surface area (Å²) in [6.07, 6.45) is 6.57. The smallest absolute Gasteiger partial charge is 0.274 e. The molecule has 0 saturated heterocycles. The van der Waals surface area contributed by atoms with Gasteiger partial charge >= 0.3 is 0 Å². The number of nitro benzene ring substituents is 1. The van der Waals surface area contributed by atoms with Crippen LogP contribution in [0.3, 0.4) is 0 Å². The van der Waals surface area contributed by atoms with Gasteiger partial charge in [-0.15, -0.1) is 5.10 Å². The lowest BCUT2D eigenvalue weighted by Crippen LogP contribution is -2.34. The lowest BCUT2D eigenvalue weighted by atomic mass is 9.81. The highest BCUT2D eigenvalue weighted by molar-refractivity contribution is 5.44. The monoisotopic (exact) mass is 401 g/mol. The van der Waals surface area contributed by atoms with Crippen molar-refractivity contribution < 1.29 is 4.92 Å². The van der Waals surface area contributed by atoms with Gasteiger partial charge in [0.25, 0.3) is 5.69 Å². The Kier molecular flexibility index (Phi) is 7.65. The van der Waals surface area contributed by atoms with Crippen LogP contribution in [0, 0.1) is 22.0 Å². The van der Waals surface area contributed by atoms with E-state index in [1.807, 2.05) is 6.07 Å². The van der Waals surface area contributed by atoms with Crippen LogP contribution >= 0.6 is 0 Å². The zero-order valence-electron chi connectivity index (χ0n) is 17.0. The van der Waals surface area contributed by atoms with Gasteiger partial charge in [0, 0.05) is 12.6 Å². The molecule has 29 heavy (non-hydrogen) atoms. The van der Waals surface area contributed by atoms with Crippen LogP contribution in [-0.4, -0.2) is 38.2 Å². The van der Waals surface area contributed by atoms with E-state index in [0.29, 0.717) is 29.8 Å². The molecule has 1 aromatic carbocycles. The maximum atomic E-state index is 11.6. The summed E-state index contributed by atoms with van der Waals surface area (Å²) in [4.78, 5) is 11.3. The van der Waals surface area contributed by atoms with Crippen molar-refractivity contribution in [1.82, 2.24) is 25.5 Å². The van der Waals surface area contributed by atoms with Gasteiger partial charge in [-0.25, -0.2) is 4.68 Å². The number of nitrogens with two attached hydrogens (primary N) is 1. The van der Waals surface area contributed by atoms with Crippen LogP contribution in [0.25, 0.3) is 0 Å². The lowest BCUT2D eigenvalue weighted by molar-refractivity contribution is -0.385. The van der Waals surface area contributed by atoms with Crippen molar-refractivity contribution in [2.24, 2.45) is 17.6 Å². The first-order chi connectivity index (χ1) is 14.1. The second kappa shape index (κ2) is 10.4. The Hall–Kier alpha value is -2.39. The third-order valence-corrected chi connectivity index (χ3v) is 5.82. The molecule has 2 aromatic rings. The molecule has 3 atom stereocenters. The van der Waals surface area contributed by atoms with Crippen LogP contribution in [0.2, 0.25) is 0 Å². The molecule has 1 aliphatic rings. The standard InChI is InChI=1S/C20H31N7O2/c1-2-3-11-26-20(23-24-25-26)19(17-9-4-5-10-18(17)27(28)29)22-14-16-8-6-7-15(12-16)13-21/h4-5,9-10,15-16,19,22H,2-3,6-8,11-14,21H2,1H3. The first kappa shape index (κ1) is 21.3. The molecule has 0 amide bonds. The minimum absolute atomic E-state index is 0.0820. The van der Waals surface area contributed by atoms with Crippen LogP contribution in [0.4, 0.5) is 5.69 Å². The summed E-state index contributed by atoms with van der Waals surface area (Å²) < 4.78 is 1.77. The van der Waals surface area contributed by atoms with Gasteiger partial charge in [-0.05, 0) is 61.0 Å². The molecule has 0 spiro atoms. The molecule has 3 N–H and O–H groups in total. The SMILES string of the molecule is CCCCn1nnnc1C(NCC1CCCC(CN)C1)c1ccccc1[N+](=O)[O-]. The van der Waals surface area contributed by atoms with Gasteiger partial charge in [-0.3, -0.25) is 10.1 Å². The van der Waals surface area contributed by atoms with E-state index in [4.69, 9.17) is 5.73 Å². The minimum Gasteiger partial charge on any atom is -0.330 e. The van der Waals surface area contributed by atoms with Crippen LogP contribution in [0.15, 0.2) is 24.3 Å². The Labute approximate surface area is 171 Å². The molecular formula is C20H31N7O2. The number of aromatic nitrogens is 4. The second-order valence-corrected chi connectivity index (χ2v) is 7.91. The Balaban J connectivity index is 1.86. The largest absolute Gasteiger partial charge is 0.330 e. The Morgan fingerprint density at radius 3 is 2.90 bits per heavy atom. The van der Waals surface area contributed by atoms with Crippen molar-refractivity contribution in [2.75, 3.05) is 13.1 Å². The molecule has 0 aliphatic heterocycles. The molecule has 0 bridgehead atoms. The summed E-state index contributed by atoms with van der Waals surface area (Å²) in [5, 5.41) is 27.4. The van der Waals surface area contributed by atoms with E-state index in [9.17, 15) is 10.1 Å². The molecule has 3 unspecified atom stereocenters. The number of hydrogen-bond donors (Lipinski definition) is 2. The van der Waals surface area contributed by atoms with E-state index < -0.39 is 6.04 Å². The second-order valence-electron chi connectivity index (χ2n) is 7.91. The van der Waals surface area contributed by atoms with Crippen molar-refractivity contribution in [3.8, 4) is 0 Å². The van der Waals surface area contributed by atoms with Gasteiger partial charge in [-0.1, -0.05) is 38.0 Å². The summed E-state index contributed by atoms with van der Waals surface area (Å²) in [5.74, 6) is 1.69. The van der Waals surface area contributed by atoms with Crippen molar-refractivity contribution >= 4 is 5.69 Å². The third-order valence-electron chi connectivity index (χ3n) is 5.82. The predicted molar refractivity (Wildman–Crippen MR) is 110 cm³/mol. The highest BCUT2D eigenvalue weighted by Gasteiger charge is 2.29. The summed E-state index contributed by atoms with van der Waals surface area (Å²) in [6, 6.07) is 6.41. The zero-order chi connectivity index (χ0) is 20.6. The lowest BCUT2D eigenvalue weighted by Gasteiger charge is -2.30. The van der Waals surface area contributed by atoms with Crippen molar-refractivity contribution in [1.29, 1.82) is 0 Å². The summed E-state index contributed by atoms with van der Waals surface area (Å²) in [7, 11) is 0. The molecule has 9 nitrogen and oxygen atoms in total. The molecular weight excluding hydrogens is 370 g/mol. The number of benzene rings is 1. The minimum atomic E-state index is -0.429. The van der Waals surface area contributed by atoms with E-state index in [2.05, 4.69) is 27.8 Å². The molecule has 158 valence electrons. The summed E-state index contributed by atoms with van der Waals surface area (Å²) >= 11 is 0. The highest BCUT2D eigenvalue weighted by atomic mass is 16.6. The van der Waals surface area contributed by atoms with Crippen LogP contribution in [-0.2, 0) is 6.54 Å². The molecule has 1 saturated carbocycles. The zero-order valence-corrected chi connectivity index (χ0v) is 17.0. The first-order valence-corrected chi connectivity index (χ1v) is 10.6. The van der Waals surface area contributed by atoms with Gasteiger partial charge in [0.05, 0.1) is 10.5 Å². The van der Waals surface area contributed by atoms with E-state index >= 15 is 0 Å². The van der Waals surface area contributed by atoms with Crippen LogP contribution in [0.5, 0.6) is 0 Å². The van der Waals surface area contributed by atoms with Gasteiger partial charge in [-0.2, -0.15) is 0 Å². The number of unbranched alkanes of at least 4 members (excludes halogenated alkanes) is 1. The van der Waals surface area contributed by atoms with Crippen molar-refractivity contribution in [2.45, 2.75) is 58.0 Å². The van der Waals surface area contributed by atoms with E-state index in [1.165, 1.54) is 18.9 Å². The molecule has 1 aromatic heterocycles. The first-order valence-electron chi connectivity index (χ1n) is 10.6. The third kappa shape index (κ3) is 5.36. The molecule has 3 rings (SSSR count). The molecule has 1 heterocycles. The molecule has 0 radical (unpaired) electrons. The number of nitrogens with zero attached hydrogens (tertiary/aromatic N) is 5. The number of para-hydroxylation sites is 1. The van der Waals surface area contributed by atoms with E-state index in [-0.39, 0.29) is 10.6 Å². The molecule has 9 heteroatoms. The number of aryl methyl sites for hydroxylation is 1. The van der Waals surface area contributed by atoms with Gasteiger partial charge in [0.1, 0.15) is 6.04 Å². The Bertz CT molecular complexity index is 795. The van der Waals surface area contributed by atoms with E-state index in [0.717, 1.165) is 38.8 Å². The van der Waals surface area contributed by atoms with Crippen LogP contribution in [0.1, 0.15) is 62.9 Å².